The molecule has 0 aliphatic carbocycles. The summed E-state index contributed by atoms with van der Waals surface area (Å²) >= 11 is 3.27. The van der Waals surface area contributed by atoms with Gasteiger partial charge in [-0.25, -0.2) is 9.79 Å². The van der Waals surface area contributed by atoms with Crippen molar-refractivity contribution in [1.82, 2.24) is 4.57 Å². The number of fused-ring (bicyclic) bond motifs is 1. The zero-order chi connectivity index (χ0) is 29.1. The van der Waals surface area contributed by atoms with E-state index in [-0.39, 0.29) is 23.8 Å². The number of halogens is 1. The summed E-state index contributed by atoms with van der Waals surface area (Å²) in [6, 6.07) is 10.0. The first-order chi connectivity index (χ1) is 19.0. The number of rotatable bonds is 8. The van der Waals surface area contributed by atoms with E-state index in [0.717, 1.165) is 0 Å². The average molecular weight is 677 g/mol. The van der Waals surface area contributed by atoms with Crippen LogP contribution >= 0.6 is 33.9 Å². The van der Waals surface area contributed by atoms with Crippen LogP contribution in [-0.2, 0) is 14.3 Å². The molecule has 0 spiro atoms. The predicted molar refractivity (Wildman–Crippen MR) is 160 cm³/mol. The average Bonchev–Trinajstić information content (AvgIpc) is 3.18. The van der Waals surface area contributed by atoms with Gasteiger partial charge in [0.15, 0.2) is 16.3 Å². The van der Waals surface area contributed by atoms with Gasteiger partial charge in [0.1, 0.15) is 11.8 Å². The van der Waals surface area contributed by atoms with Gasteiger partial charge in [0.05, 0.1) is 39.2 Å². The lowest BCUT2D eigenvalue weighted by atomic mass is 9.95. The summed E-state index contributed by atoms with van der Waals surface area (Å²) in [6.45, 7) is 8.80. The number of hydrogen-bond donors (Lipinski definition) is 0. The minimum atomic E-state index is -0.798. The van der Waals surface area contributed by atoms with Gasteiger partial charge >= 0.3 is 11.9 Å². The monoisotopic (exact) mass is 676 g/mol. The smallest absolute Gasteiger partial charge is 0.338 e. The summed E-state index contributed by atoms with van der Waals surface area (Å²) in [7, 11) is 1.48. The molecule has 0 saturated heterocycles. The number of aromatic nitrogens is 1. The summed E-state index contributed by atoms with van der Waals surface area (Å²) in [5, 5.41) is 0. The fourth-order valence-corrected chi connectivity index (χ4v) is 6.15. The molecule has 9 nitrogen and oxygen atoms in total. The van der Waals surface area contributed by atoms with Crippen molar-refractivity contribution in [3.63, 3.8) is 0 Å². The van der Waals surface area contributed by atoms with Crippen LogP contribution in [0.15, 0.2) is 57.5 Å². The molecule has 1 aromatic heterocycles. The first-order valence-electron chi connectivity index (χ1n) is 12.6. The van der Waals surface area contributed by atoms with Crippen LogP contribution in [0.1, 0.15) is 51.8 Å². The first kappa shape index (κ1) is 29.5. The van der Waals surface area contributed by atoms with Crippen molar-refractivity contribution in [3.8, 4) is 17.2 Å². The van der Waals surface area contributed by atoms with E-state index in [1.165, 1.54) is 29.9 Å². The van der Waals surface area contributed by atoms with Crippen LogP contribution in [0.2, 0.25) is 0 Å². The quantitative estimate of drug-likeness (QED) is 0.201. The molecular formula is C29H29IN2O7S. The highest BCUT2D eigenvalue weighted by Crippen LogP contribution is 2.37. The Hall–Kier alpha value is -3.45. The van der Waals surface area contributed by atoms with Gasteiger partial charge in [0.2, 0.25) is 0 Å². The van der Waals surface area contributed by atoms with Crippen LogP contribution in [0, 0.1) is 3.57 Å². The Bertz CT molecular complexity index is 1690. The molecule has 0 unspecified atom stereocenters. The Balaban J connectivity index is 1.95. The van der Waals surface area contributed by atoms with E-state index in [1.54, 1.807) is 32.1 Å². The van der Waals surface area contributed by atoms with Gasteiger partial charge < -0.3 is 18.9 Å². The fourth-order valence-electron chi connectivity index (χ4n) is 4.37. The van der Waals surface area contributed by atoms with Gasteiger partial charge in [0.25, 0.3) is 5.56 Å². The van der Waals surface area contributed by atoms with Crippen LogP contribution in [-0.4, -0.2) is 36.3 Å². The lowest BCUT2D eigenvalue weighted by molar-refractivity contribution is -0.139. The summed E-state index contributed by atoms with van der Waals surface area (Å²) in [4.78, 5) is 43.8. The zero-order valence-corrected chi connectivity index (χ0v) is 25.9. The number of thiazole rings is 1. The second-order valence-electron chi connectivity index (χ2n) is 9.13. The molecule has 0 N–H and O–H groups in total. The molecule has 2 heterocycles. The maximum Gasteiger partial charge on any atom is 0.338 e. The molecular weight excluding hydrogens is 647 g/mol. The number of esters is 2. The van der Waals surface area contributed by atoms with Gasteiger partial charge in [0, 0.05) is 12.5 Å². The lowest BCUT2D eigenvalue weighted by Crippen LogP contribution is -2.40. The third kappa shape index (κ3) is 5.99. The standard InChI is InChI=1S/C29H29IN2O7S/c1-7-37-28(35)24-16(4)31-29-32(25(24)19-10-8-9-11-21(19)38-15(2)3)27(34)23(40-29)14-18-12-20(30)26(39-17(5)33)22(13-18)36-6/h8-15,25H,7H2,1-6H3/b23-14-/t25-/m0/s1. The number of nitrogens with zero attached hydrogens (tertiary/aromatic N) is 2. The molecule has 210 valence electrons. The number of benzene rings is 2. The molecule has 3 aromatic rings. The number of allylic oxidation sites excluding steroid dienone is 1. The number of hydrogen-bond acceptors (Lipinski definition) is 9. The Morgan fingerprint density at radius 3 is 2.58 bits per heavy atom. The predicted octanol–water partition coefficient (Wildman–Crippen LogP) is 4.12. The highest BCUT2D eigenvalue weighted by Gasteiger charge is 2.35. The molecule has 4 rings (SSSR count). The van der Waals surface area contributed by atoms with Crippen molar-refractivity contribution in [2.75, 3.05) is 13.7 Å². The molecule has 0 amide bonds. The molecule has 0 fully saturated rings. The summed E-state index contributed by atoms with van der Waals surface area (Å²) in [5.74, 6) is 0.230. The molecule has 1 aliphatic rings. The molecule has 1 aliphatic heterocycles. The number of para-hydroxylation sites is 1. The van der Waals surface area contributed by atoms with E-state index < -0.39 is 18.0 Å². The molecule has 0 radical (unpaired) electrons. The third-order valence-corrected chi connectivity index (χ3v) is 7.67. The van der Waals surface area contributed by atoms with Crippen molar-refractivity contribution in [1.29, 1.82) is 0 Å². The van der Waals surface area contributed by atoms with E-state index >= 15 is 0 Å². The van der Waals surface area contributed by atoms with Crippen LogP contribution in [0.25, 0.3) is 6.08 Å². The van der Waals surface area contributed by atoms with E-state index in [4.69, 9.17) is 18.9 Å². The molecule has 11 heteroatoms. The van der Waals surface area contributed by atoms with Gasteiger partial charge in [-0.2, -0.15) is 0 Å². The van der Waals surface area contributed by atoms with Crippen molar-refractivity contribution in [3.05, 3.63) is 82.1 Å². The van der Waals surface area contributed by atoms with Crippen molar-refractivity contribution >= 4 is 51.9 Å². The number of carbonyl (C=O) groups excluding carboxylic acids is 2. The maximum atomic E-state index is 14.0. The summed E-state index contributed by atoms with van der Waals surface area (Å²) in [5.41, 5.74) is 1.76. The minimum Gasteiger partial charge on any atom is -0.493 e. The number of carbonyl (C=O) groups is 2. The highest BCUT2D eigenvalue weighted by atomic mass is 127. The second-order valence-corrected chi connectivity index (χ2v) is 11.3. The van der Waals surface area contributed by atoms with Crippen molar-refractivity contribution in [2.24, 2.45) is 4.99 Å². The largest absolute Gasteiger partial charge is 0.493 e. The first-order valence-corrected chi connectivity index (χ1v) is 14.5. The Morgan fingerprint density at radius 2 is 1.93 bits per heavy atom. The molecule has 0 saturated carbocycles. The SMILES string of the molecule is CCOC(=O)C1=C(C)N=c2s/c(=C\c3cc(I)c(OC(C)=O)c(OC)c3)c(=O)n2[C@H]1c1ccccc1OC(C)C. The van der Waals surface area contributed by atoms with E-state index in [0.29, 0.717) is 47.0 Å². The topological polar surface area (TPSA) is 105 Å². The highest BCUT2D eigenvalue weighted by molar-refractivity contribution is 14.1. The summed E-state index contributed by atoms with van der Waals surface area (Å²) in [6.07, 6.45) is 1.60. The van der Waals surface area contributed by atoms with Gasteiger partial charge in [-0.3, -0.25) is 14.2 Å². The van der Waals surface area contributed by atoms with Crippen LogP contribution in [0.3, 0.4) is 0 Å². The molecule has 40 heavy (non-hydrogen) atoms. The zero-order valence-electron chi connectivity index (χ0n) is 22.9. The Morgan fingerprint density at radius 1 is 1.20 bits per heavy atom. The van der Waals surface area contributed by atoms with Gasteiger partial charge in [-0.15, -0.1) is 0 Å². The Labute approximate surface area is 248 Å². The van der Waals surface area contributed by atoms with E-state index in [2.05, 4.69) is 27.6 Å². The lowest BCUT2D eigenvalue weighted by Gasteiger charge is -2.26. The van der Waals surface area contributed by atoms with Gasteiger partial charge in [-0.05, 0) is 80.1 Å². The third-order valence-electron chi connectivity index (χ3n) is 5.89. The van der Waals surface area contributed by atoms with Gasteiger partial charge in [-0.1, -0.05) is 29.5 Å². The second kappa shape index (κ2) is 12.4. The van der Waals surface area contributed by atoms with Crippen molar-refractivity contribution < 1.29 is 28.5 Å². The molecule has 0 bridgehead atoms. The Kier molecular flexibility index (Phi) is 9.14. The van der Waals surface area contributed by atoms with Crippen LogP contribution < -0.4 is 29.1 Å². The maximum absolute atomic E-state index is 14.0. The number of methoxy groups -OCH3 is 1. The van der Waals surface area contributed by atoms with Crippen LogP contribution in [0.5, 0.6) is 17.2 Å². The van der Waals surface area contributed by atoms with Crippen molar-refractivity contribution in [2.45, 2.75) is 46.8 Å². The summed E-state index contributed by atoms with van der Waals surface area (Å²) < 4.78 is 24.8. The number of ether oxygens (including phenoxy) is 4. The normalized spacial score (nSPS) is 15.0. The van der Waals surface area contributed by atoms with E-state index in [1.807, 2.05) is 38.1 Å². The molecule has 1 atom stereocenters. The minimum absolute atomic E-state index is 0.125. The van der Waals surface area contributed by atoms with Crippen LogP contribution in [0.4, 0.5) is 0 Å². The van der Waals surface area contributed by atoms with E-state index in [9.17, 15) is 14.4 Å². The molecule has 2 aromatic carbocycles. The fraction of sp³-hybridized carbons (Fsp3) is 0.310.